The Balaban J connectivity index is 1.67. The van der Waals surface area contributed by atoms with Crippen molar-refractivity contribution in [1.82, 2.24) is 9.97 Å². The molecule has 0 spiro atoms. The molecule has 0 bridgehead atoms. The second-order valence-electron chi connectivity index (χ2n) is 4.91. The lowest BCUT2D eigenvalue weighted by Gasteiger charge is -2.35. The predicted octanol–water partition coefficient (Wildman–Crippen LogP) is 1.92. The van der Waals surface area contributed by atoms with Crippen molar-refractivity contribution in [3.63, 3.8) is 0 Å². The average molecular weight is 290 g/mol. The number of thiazole rings is 1. The van der Waals surface area contributed by atoms with Crippen LogP contribution in [-0.2, 0) is 0 Å². The number of pyridine rings is 1. The lowest BCUT2D eigenvalue weighted by molar-refractivity contribution is 0.199. The van der Waals surface area contributed by atoms with Gasteiger partial charge in [0.05, 0.1) is 6.10 Å². The van der Waals surface area contributed by atoms with Crippen molar-refractivity contribution >= 4 is 22.3 Å². The van der Waals surface area contributed by atoms with Gasteiger partial charge in [0.2, 0.25) is 0 Å². The summed E-state index contributed by atoms with van der Waals surface area (Å²) < 4.78 is 0. The standard InChI is InChI=1S/C14H18N4OS/c1-11(19)12-2-3-15-13(10-12)17-5-7-18(8-6-17)14-16-4-9-20-14/h2-4,9-11,19H,5-8H2,1H3/t11-/m1/s1. The number of aromatic nitrogens is 2. The van der Waals surface area contributed by atoms with Crippen molar-refractivity contribution in [3.05, 3.63) is 35.5 Å². The first-order chi connectivity index (χ1) is 9.74. The maximum atomic E-state index is 9.65. The van der Waals surface area contributed by atoms with Gasteiger partial charge in [0, 0.05) is 44.0 Å². The molecule has 2 aromatic heterocycles. The maximum Gasteiger partial charge on any atom is 0.185 e. The first kappa shape index (κ1) is 13.3. The first-order valence-corrected chi connectivity index (χ1v) is 7.65. The number of rotatable bonds is 3. The normalized spacial score (nSPS) is 17.3. The predicted molar refractivity (Wildman–Crippen MR) is 81.4 cm³/mol. The summed E-state index contributed by atoms with van der Waals surface area (Å²) in [6.45, 7) is 5.54. The minimum atomic E-state index is -0.451. The van der Waals surface area contributed by atoms with Crippen LogP contribution >= 0.6 is 11.3 Å². The van der Waals surface area contributed by atoms with Crippen molar-refractivity contribution in [2.45, 2.75) is 13.0 Å². The molecule has 1 aliphatic heterocycles. The molecule has 0 saturated carbocycles. The van der Waals surface area contributed by atoms with Gasteiger partial charge in [-0.05, 0) is 24.6 Å². The molecule has 1 aliphatic rings. The van der Waals surface area contributed by atoms with Crippen LogP contribution in [0.1, 0.15) is 18.6 Å². The van der Waals surface area contributed by atoms with Crippen LogP contribution < -0.4 is 9.80 Å². The Labute approximate surface area is 122 Å². The molecule has 0 unspecified atom stereocenters. The molecule has 3 rings (SSSR count). The highest BCUT2D eigenvalue weighted by atomic mass is 32.1. The van der Waals surface area contributed by atoms with Crippen molar-refractivity contribution in [2.24, 2.45) is 0 Å². The van der Waals surface area contributed by atoms with E-state index in [1.165, 1.54) is 0 Å². The average Bonchev–Trinajstić information content (AvgIpc) is 3.02. The molecule has 1 saturated heterocycles. The molecule has 0 amide bonds. The van der Waals surface area contributed by atoms with E-state index in [2.05, 4.69) is 19.8 Å². The molecule has 2 aromatic rings. The van der Waals surface area contributed by atoms with Gasteiger partial charge < -0.3 is 14.9 Å². The van der Waals surface area contributed by atoms with E-state index in [0.29, 0.717) is 0 Å². The Hall–Kier alpha value is -1.66. The number of aliphatic hydroxyl groups is 1. The van der Waals surface area contributed by atoms with E-state index in [1.54, 1.807) is 24.5 Å². The topological polar surface area (TPSA) is 52.5 Å². The van der Waals surface area contributed by atoms with Crippen molar-refractivity contribution in [3.8, 4) is 0 Å². The van der Waals surface area contributed by atoms with Crippen LogP contribution in [0.5, 0.6) is 0 Å². The third-order valence-corrected chi connectivity index (χ3v) is 4.38. The van der Waals surface area contributed by atoms with E-state index in [4.69, 9.17) is 0 Å². The third kappa shape index (κ3) is 2.76. The Morgan fingerprint density at radius 1 is 1.15 bits per heavy atom. The molecular weight excluding hydrogens is 272 g/mol. The van der Waals surface area contributed by atoms with Crippen LogP contribution in [0.15, 0.2) is 29.9 Å². The fourth-order valence-electron chi connectivity index (χ4n) is 2.37. The van der Waals surface area contributed by atoms with Crippen LogP contribution in [-0.4, -0.2) is 41.3 Å². The minimum Gasteiger partial charge on any atom is -0.389 e. The van der Waals surface area contributed by atoms with Gasteiger partial charge in [-0.3, -0.25) is 0 Å². The van der Waals surface area contributed by atoms with Gasteiger partial charge in [-0.25, -0.2) is 9.97 Å². The lowest BCUT2D eigenvalue weighted by atomic mass is 10.1. The molecule has 106 valence electrons. The van der Waals surface area contributed by atoms with Gasteiger partial charge >= 0.3 is 0 Å². The molecular formula is C14H18N4OS. The summed E-state index contributed by atoms with van der Waals surface area (Å²) in [5.74, 6) is 0.946. The van der Waals surface area contributed by atoms with Gasteiger partial charge in [-0.15, -0.1) is 11.3 Å². The molecule has 20 heavy (non-hydrogen) atoms. The molecule has 5 nitrogen and oxygen atoms in total. The quantitative estimate of drug-likeness (QED) is 0.936. The summed E-state index contributed by atoms with van der Waals surface area (Å²) in [6.07, 6.45) is 3.17. The maximum absolute atomic E-state index is 9.65. The van der Waals surface area contributed by atoms with Crippen LogP contribution in [0, 0.1) is 0 Å². The molecule has 1 atom stereocenters. The zero-order chi connectivity index (χ0) is 13.9. The minimum absolute atomic E-state index is 0.451. The summed E-state index contributed by atoms with van der Waals surface area (Å²) in [7, 11) is 0. The fraction of sp³-hybridized carbons (Fsp3) is 0.429. The summed E-state index contributed by atoms with van der Waals surface area (Å²) in [4.78, 5) is 13.3. The van der Waals surface area contributed by atoms with Crippen LogP contribution in [0.4, 0.5) is 10.9 Å². The van der Waals surface area contributed by atoms with Gasteiger partial charge in [0.25, 0.3) is 0 Å². The van der Waals surface area contributed by atoms with E-state index in [9.17, 15) is 5.11 Å². The van der Waals surface area contributed by atoms with E-state index in [0.717, 1.165) is 42.7 Å². The smallest absolute Gasteiger partial charge is 0.185 e. The SMILES string of the molecule is C[C@@H](O)c1ccnc(N2CCN(c3nccs3)CC2)c1. The number of piperazine rings is 1. The number of aliphatic hydroxyl groups excluding tert-OH is 1. The Morgan fingerprint density at radius 3 is 2.55 bits per heavy atom. The first-order valence-electron chi connectivity index (χ1n) is 6.77. The molecule has 1 fully saturated rings. The largest absolute Gasteiger partial charge is 0.389 e. The molecule has 0 radical (unpaired) electrons. The lowest BCUT2D eigenvalue weighted by Crippen LogP contribution is -2.46. The number of hydrogen-bond acceptors (Lipinski definition) is 6. The van der Waals surface area contributed by atoms with Crippen molar-refractivity contribution < 1.29 is 5.11 Å². The molecule has 0 aromatic carbocycles. The zero-order valence-electron chi connectivity index (χ0n) is 11.4. The fourth-order valence-corrected chi connectivity index (χ4v) is 3.06. The highest BCUT2D eigenvalue weighted by Crippen LogP contribution is 2.22. The highest BCUT2D eigenvalue weighted by molar-refractivity contribution is 7.13. The zero-order valence-corrected chi connectivity index (χ0v) is 12.3. The number of anilines is 2. The molecule has 0 aliphatic carbocycles. The highest BCUT2D eigenvalue weighted by Gasteiger charge is 2.20. The summed E-state index contributed by atoms with van der Waals surface area (Å²) >= 11 is 1.68. The van der Waals surface area contributed by atoms with Crippen molar-refractivity contribution in [1.29, 1.82) is 0 Å². The van der Waals surface area contributed by atoms with Crippen molar-refractivity contribution in [2.75, 3.05) is 36.0 Å². The van der Waals surface area contributed by atoms with Crippen LogP contribution in [0.2, 0.25) is 0 Å². The third-order valence-electron chi connectivity index (χ3n) is 3.55. The van der Waals surface area contributed by atoms with Gasteiger partial charge in [0.15, 0.2) is 5.13 Å². The van der Waals surface area contributed by atoms with Crippen LogP contribution in [0.3, 0.4) is 0 Å². The van der Waals surface area contributed by atoms with E-state index in [1.807, 2.05) is 23.7 Å². The van der Waals surface area contributed by atoms with Gasteiger partial charge in [-0.1, -0.05) is 0 Å². The van der Waals surface area contributed by atoms with E-state index < -0.39 is 6.10 Å². The van der Waals surface area contributed by atoms with Crippen LogP contribution in [0.25, 0.3) is 0 Å². The molecule has 1 N–H and O–H groups in total. The number of nitrogens with zero attached hydrogens (tertiary/aromatic N) is 4. The second-order valence-corrected chi connectivity index (χ2v) is 5.79. The Kier molecular flexibility index (Phi) is 3.84. The summed E-state index contributed by atoms with van der Waals surface area (Å²) in [5.41, 5.74) is 0.914. The van der Waals surface area contributed by atoms with E-state index >= 15 is 0 Å². The second kappa shape index (κ2) is 5.76. The van der Waals surface area contributed by atoms with Gasteiger partial charge in [0.1, 0.15) is 5.82 Å². The molecule has 6 heteroatoms. The molecule has 3 heterocycles. The Morgan fingerprint density at radius 2 is 1.90 bits per heavy atom. The number of hydrogen-bond donors (Lipinski definition) is 1. The monoisotopic (exact) mass is 290 g/mol. The Bertz CT molecular complexity index is 550. The summed E-state index contributed by atoms with van der Waals surface area (Å²) in [5, 5.41) is 12.8. The van der Waals surface area contributed by atoms with Gasteiger partial charge in [-0.2, -0.15) is 0 Å². The summed E-state index contributed by atoms with van der Waals surface area (Å²) in [6, 6.07) is 3.84. The van der Waals surface area contributed by atoms with E-state index in [-0.39, 0.29) is 0 Å².